The van der Waals surface area contributed by atoms with Crippen molar-refractivity contribution in [2.45, 2.75) is 36.9 Å². The fourth-order valence-electron chi connectivity index (χ4n) is 2.74. The van der Waals surface area contributed by atoms with E-state index in [1.807, 2.05) is 0 Å². The highest BCUT2D eigenvalue weighted by atomic mass is 32.2. The Morgan fingerprint density at radius 3 is 2.70 bits per heavy atom. The van der Waals surface area contributed by atoms with Crippen molar-refractivity contribution in [3.05, 3.63) is 17.5 Å². The predicted molar refractivity (Wildman–Crippen MR) is 92.0 cm³/mol. The first-order valence-corrected chi connectivity index (χ1v) is 10.4. The number of hydrogen-bond acceptors (Lipinski definition) is 5. The molecule has 2 rings (SSSR count). The van der Waals surface area contributed by atoms with E-state index >= 15 is 0 Å². The number of piperidine rings is 1. The van der Waals surface area contributed by atoms with E-state index in [1.165, 1.54) is 6.07 Å². The van der Waals surface area contributed by atoms with Crippen molar-refractivity contribution < 1.29 is 13.2 Å². The quantitative estimate of drug-likeness (QED) is 0.768. The van der Waals surface area contributed by atoms with Crippen molar-refractivity contribution in [3.8, 4) is 0 Å². The molecule has 0 spiro atoms. The number of carbonyl (C=O) groups is 1. The minimum atomic E-state index is -3.61. The number of nitrogens with one attached hydrogen (secondary N) is 2. The average Bonchev–Trinajstić information content (AvgIpc) is 3.07. The van der Waals surface area contributed by atoms with Crippen LogP contribution in [-0.4, -0.2) is 51.4 Å². The zero-order chi connectivity index (χ0) is 16.9. The molecule has 1 fully saturated rings. The molecule has 1 saturated heterocycles. The molecule has 1 aromatic heterocycles. The number of rotatable bonds is 7. The summed E-state index contributed by atoms with van der Waals surface area (Å²) in [7, 11) is -3.61. The van der Waals surface area contributed by atoms with Crippen molar-refractivity contribution >= 4 is 27.3 Å². The Balaban J connectivity index is 1.86. The molecule has 6 nitrogen and oxygen atoms in total. The molecule has 0 aliphatic carbocycles. The monoisotopic (exact) mass is 359 g/mol. The Morgan fingerprint density at radius 2 is 2.13 bits per heavy atom. The van der Waals surface area contributed by atoms with Crippen molar-refractivity contribution in [2.75, 3.05) is 26.2 Å². The summed E-state index contributed by atoms with van der Waals surface area (Å²) in [4.78, 5) is 14.2. The lowest BCUT2D eigenvalue weighted by Crippen LogP contribution is -2.49. The molecule has 0 saturated carbocycles. The van der Waals surface area contributed by atoms with E-state index < -0.39 is 16.1 Å². The third-order valence-electron chi connectivity index (χ3n) is 4.07. The first-order chi connectivity index (χ1) is 10.9. The van der Waals surface area contributed by atoms with Crippen LogP contribution in [0.5, 0.6) is 0 Å². The molecule has 1 amide bonds. The van der Waals surface area contributed by atoms with Crippen molar-refractivity contribution in [1.82, 2.24) is 14.9 Å². The molecule has 1 aliphatic rings. The Kier molecular flexibility index (Phi) is 6.58. The van der Waals surface area contributed by atoms with Gasteiger partial charge in [-0.1, -0.05) is 13.0 Å². The summed E-state index contributed by atoms with van der Waals surface area (Å²) in [5, 5.41) is 5.04. The number of carbonyl (C=O) groups excluding carboxylic acids is 1. The minimum Gasteiger partial charge on any atom is -0.341 e. The zero-order valence-electron chi connectivity index (χ0n) is 13.6. The molecule has 2 N–H and O–H groups in total. The van der Waals surface area contributed by atoms with Gasteiger partial charge in [0.15, 0.2) is 0 Å². The van der Waals surface area contributed by atoms with E-state index in [4.69, 9.17) is 0 Å². The highest BCUT2D eigenvalue weighted by Crippen LogP contribution is 2.19. The maximum Gasteiger partial charge on any atom is 0.250 e. The zero-order valence-corrected chi connectivity index (χ0v) is 15.3. The molecule has 130 valence electrons. The van der Waals surface area contributed by atoms with Gasteiger partial charge in [0.25, 0.3) is 10.0 Å². The molecule has 1 aromatic rings. The second-order valence-electron chi connectivity index (χ2n) is 5.85. The first kappa shape index (κ1) is 18.4. The fraction of sp³-hybridized carbons (Fsp3) is 0.667. The standard InChI is InChI=1S/C15H25N3O3S2/c1-3-16-11-13-6-8-18(9-7-13)15(19)12(2)17-23(20,21)14-5-4-10-22-14/h4-5,10,12-13,16-17H,3,6-9,11H2,1-2H3. The molecule has 8 heteroatoms. The van der Waals surface area contributed by atoms with Crippen LogP contribution < -0.4 is 10.0 Å². The highest BCUT2D eigenvalue weighted by molar-refractivity contribution is 7.91. The third-order valence-corrected chi connectivity index (χ3v) is 7.01. The average molecular weight is 360 g/mol. The maximum absolute atomic E-state index is 12.5. The molecule has 1 unspecified atom stereocenters. The summed E-state index contributed by atoms with van der Waals surface area (Å²) in [6.45, 7) is 7.03. The molecule has 1 atom stereocenters. The number of likely N-dealkylation sites (tertiary alicyclic amines) is 1. The largest absolute Gasteiger partial charge is 0.341 e. The first-order valence-electron chi connectivity index (χ1n) is 7.99. The van der Waals surface area contributed by atoms with E-state index in [9.17, 15) is 13.2 Å². The normalized spacial score (nSPS) is 18.1. The van der Waals surface area contributed by atoms with E-state index in [0.717, 1.165) is 37.3 Å². The second kappa shape index (κ2) is 8.23. The van der Waals surface area contributed by atoms with E-state index in [1.54, 1.807) is 23.3 Å². The Hall–Kier alpha value is -0.960. The summed E-state index contributed by atoms with van der Waals surface area (Å²) < 4.78 is 27.1. The van der Waals surface area contributed by atoms with Crippen LogP contribution in [0.25, 0.3) is 0 Å². The van der Waals surface area contributed by atoms with Crippen LogP contribution in [0.2, 0.25) is 0 Å². The van der Waals surface area contributed by atoms with Crippen LogP contribution in [0.1, 0.15) is 26.7 Å². The lowest BCUT2D eigenvalue weighted by Gasteiger charge is -2.33. The predicted octanol–water partition coefficient (Wildman–Crippen LogP) is 1.26. The number of amides is 1. The SMILES string of the molecule is CCNCC1CCN(C(=O)C(C)NS(=O)(=O)c2cccs2)CC1. The van der Waals surface area contributed by atoms with Gasteiger partial charge in [-0.2, -0.15) is 4.72 Å². The third kappa shape index (κ3) is 5.00. The Bertz CT molecular complexity index is 593. The minimum absolute atomic E-state index is 0.146. The second-order valence-corrected chi connectivity index (χ2v) is 8.74. The maximum atomic E-state index is 12.5. The fourth-order valence-corrected chi connectivity index (χ4v) is 4.94. The Morgan fingerprint density at radius 1 is 1.43 bits per heavy atom. The van der Waals surface area contributed by atoms with Crippen LogP contribution in [0.15, 0.2) is 21.7 Å². The van der Waals surface area contributed by atoms with E-state index in [0.29, 0.717) is 19.0 Å². The Labute approximate surface area is 142 Å². The number of nitrogens with zero attached hydrogens (tertiary/aromatic N) is 1. The lowest BCUT2D eigenvalue weighted by atomic mass is 9.96. The van der Waals surface area contributed by atoms with Crippen LogP contribution in [0.4, 0.5) is 0 Å². The van der Waals surface area contributed by atoms with Crippen LogP contribution in [0.3, 0.4) is 0 Å². The van der Waals surface area contributed by atoms with Gasteiger partial charge in [0.05, 0.1) is 6.04 Å². The van der Waals surface area contributed by atoms with Gasteiger partial charge in [-0.15, -0.1) is 11.3 Å². The molecule has 23 heavy (non-hydrogen) atoms. The van der Waals surface area contributed by atoms with Crippen LogP contribution in [-0.2, 0) is 14.8 Å². The van der Waals surface area contributed by atoms with Crippen LogP contribution in [0, 0.1) is 5.92 Å². The van der Waals surface area contributed by atoms with Crippen molar-refractivity contribution in [3.63, 3.8) is 0 Å². The van der Waals surface area contributed by atoms with Gasteiger partial charge in [-0.3, -0.25) is 4.79 Å². The molecular weight excluding hydrogens is 334 g/mol. The molecule has 0 radical (unpaired) electrons. The number of thiophene rings is 1. The summed E-state index contributed by atoms with van der Waals surface area (Å²) in [6.07, 6.45) is 1.92. The molecule has 0 bridgehead atoms. The van der Waals surface area contributed by atoms with Gasteiger partial charge < -0.3 is 10.2 Å². The summed E-state index contributed by atoms with van der Waals surface area (Å²) in [5.74, 6) is 0.448. The smallest absolute Gasteiger partial charge is 0.250 e. The lowest BCUT2D eigenvalue weighted by molar-refractivity contribution is -0.133. The van der Waals surface area contributed by atoms with Gasteiger partial charge in [0.1, 0.15) is 4.21 Å². The van der Waals surface area contributed by atoms with Crippen LogP contribution >= 0.6 is 11.3 Å². The molecular formula is C15H25N3O3S2. The number of hydrogen-bond donors (Lipinski definition) is 2. The molecule has 2 heterocycles. The van der Waals surface area contributed by atoms with E-state index in [-0.39, 0.29) is 10.1 Å². The van der Waals surface area contributed by atoms with Crippen molar-refractivity contribution in [2.24, 2.45) is 5.92 Å². The summed E-state index contributed by atoms with van der Waals surface area (Å²) in [6, 6.07) is 2.48. The van der Waals surface area contributed by atoms with Gasteiger partial charge >= 0.3 is 0 Å². The highest BCUT2D eigenvalue weighted by Gasteiger charge is 2.29. The molecule has 0 aromatic carbocycles. The molecule has 1 aliphatic heterocycles. The van der Waals surface area contributed by atoms with Gasteiger partial charge in [-0.25, -0.2) is 8.42 Å². The summed E-state index contributed by atoms with van der Waals surface area (Å²) in [5.41, 5.74) is 0. The summed E-state index contributed by atoms with van der Waals surface area (Å²) >= 11 is 1.14. The van der Waals surface area contributed by atoms with Crippen molar-refractivity contribution in [1.29, 1.82) is 0 Å². The van der Waals surface area contributed by atoms with Gasteiger partial charge in [-0.05, 0) is 50.2 Å². The van der Waals surface area contributed by atoms with Gasteiger partial charge in [0.2, 0.25) is 5.91 Å². The van der Waals surface area contributed by atoms with Gasteiger partial charge in [0, 0.05) is 13.1 Å². The number of sulfonamides is 1. The topological polar surface area (TPSA) is 78.5 Å². The van der Waals surface area contributed by atoms with E-state index in [2.05, 4.69) is 17.0 Å².